The van der Waals surface area contributed by atoms with Crippen LogP contribution in [0.3, 0.4) is 0 Å². The minimum absolute atomic E-state index is 0.0189. The van der Waals surface area contributed by atoms with Crippen LogP contribution in [0.4, 0.5) is 0 Å². The molecule has 2 nitrogen and oxygen atoms in total. The number of aryl methyl sites for hydroxylation is 1. The number of benzene rings is 1. The van der Waals surface area contributed by atoms with E-state index in [0.29, 0.717) is 21.5 Å². The Kier molecular flexibility index (Phi) is 6.09. The van der Waals surface area contributed by atoms with Crippen molar-refractivity contribution in [2.45, 2.75) is 13.8 Å². The molecule has 1 aromatic carbocycles. The summed E-state index contributed by atoms with van der Waals surface area (Å²) in [5.74, 6) is 0.0189. The van der Waals surface area contributed by atoms with E-state index in [-0.39, 0.29) is 5.91 Å². The molecule has 1 N–H and O–H groups in total. The van der Waals surface area contributed by atoms with Crippen molar-refractivity contribution in [2.75, 3.05) is 6.54 Å². The quantitative estimate of drug-likeness (QED) is 0.612. The summed E-state index contributed by atoms with van der Waals surface area (Å²) < 4.78 is 2.54. The van der Waals surface area contributed by atoms with Crippen LogP contribution in [0, 0.1) is 6.92 Å². The predicted molar refractivity (Wildman–Crippen MR) is 77.4 cm³/mol. The van der Waals surface area contributed by atoms with Crippen LogP contribution in [-0.4, -0.2) is 27.4 Å². The molecule has 0 aliphatic rings. The number of hydrogen-bond donors (Lipinski definition) is 1. The molecule has 0 heterocycles. The van der Waals surface area contributed by atoms with Crippen LogP contribution in [0.2, 0.25) is 0 Å². The van der Waals surface area contributed by atoms with Crippen molar-refractivity contribution in [1.82, 2.24) is 5.32 Å². The van der Waals surface area contributed by atoms with Gasteiger partial charge in [0.05, 0.1) is 0 Å². The first-order chi connectivity index (χ1) is 7.58. The maximum absolute atomic E-state index is 10.7. The summed E-state index contributed by atoms with van der Waals surface area (Å²) in [7, 11) is 0. The maximum atomic E-state index is 10.7. The molecule has 4 heteroatoms. The van der Waals surface area contributed by atoms with Crippen LogP contribution in [-0.2, 0) is 4.79 Å². The van der Waals surface area contributed by atoms with Crippen molar-refractivity contribution in [2.24, 2.45) is 0 Å². The van der Waals surface area contributed by atoms with Crippen molar-refractivity contribution >= 4 is 47.9 Å². The average Bonchev–Trinajstić information content (AvgIpc) is 2.25. The Morgan fingerprint density at radius 3 is 2.62 bits per heavy atom. The molecule has 0 fully saturated rings. The Balaban J connectivity index is 2.45. The zero-order valence-electron chi connectivity index (χ0n) is 9.29. The average molecular weight is 394 g/mol. The molecule has 0 radical (unpaired) electrons. The topological polar surface area (TPSA) is 29.1 Å². The Bertz CT molecular complexity index is 387. The summed E-state index contributed by atoms with van der Waals surface area (Å²) in [4.78, 5) is 12.9. The molecular formula is C12H14INOSe. The van der Waals surface area contributed by atoms with Crippen molar-refractivity contribution in [1.29, 1.82) is 0 Å². The van der Waals surface area contributed by atoms with E-state index in [9.17, 15) is 4.79 Å². The zero-order chi connectivity index (χ0) is 12.0. The molecule has 0 spiro atoms. The number of rotatable bonds is 4. The summed E-state index contributed by atoms with van der Waals surface area (Å²) >= 11 is 2.62. The number of hydrogen-bond acceptors (Lipinski definition) is 1. The molecule has 86 valence electrons. The number of halogens is 1. The Labute approximate surface area is 116 Å². The Morgan fingerprint density at radius 1 is 1.44 bits per heavy atom. The van der Waals surface area contributed by atoms with Gasteiger partial charge in [-0.05, 0) is 0 Å². The van der Waals surface area contributed by atoms with Gasteiger partial charge in [-0.25, -0.2) is 0 Å². The first-order valence-electron chi connectivity index (χ1n) is 4.90. The number of carbonyl (C=O) groups is 1. The summed E-state index contributed by atoms with van der Waals surface area (Å²) in [5.41, 5.74) is 1.29. The molecule has 0 aliphatic carbocycles. The molecule has 0 bridgehead atoms. The third-order valence-corrected chi connectivity index (χ3v) is 5.48. The van der Waals surface area contributed by atoms with Gasteiger partial charge in [0.1, 0.15) is 0 Å². The first kappa shape index (κ1) is 13.7. The van der Waals surface area contributed by atoms with E-state index in [1.807, 2.05) is 0 Å². The Morgan fingerprint density at radius 2 is 2.06 bits per heavy atom. The van der Waals surface area contributed by atoms with E-state index < -0.39 is 0 Å². The van der Waals surface area contributed by atoms with E-state index in [1.165, 1.54) is 20.5 Å². The third kappa shape index (κ3) is 5.68. The van der Waals surface area contributed by atoms with Crippen molar-refractivity contribution < 1.29 is 4.79 Å². The summed E-state index contributed by atoms with van der Waals surface area (Å²) in [6.07, 6.45) is 0. The predicted octanol–water partition coefficient (Wildman–Crippen LogP) is 1.74. The molecule has 0 aliphatic heterocycles. The van der Waals surface area contributed by atoms with E-state index in [1.54, 1.807) is 0 Å². The van der Waals surface area contributed by atoms with E-state index in [2.05, 4.69) is 64.1 Å². The molecular weight excluding hydrogens is 380 g/mol. The van der Waals surface area contributed by atoms with Gasteiger partial charge in [0.25, 0.3) is 0 Å². The van der Waals surface area contributed by atoms with Crippen LogP contribution < -0.4 is 9.78 Å². The number of carbonyl (C=O) groups excluding carboxylic acids is 1. The second-order valence-electron chi connectivity index (χ2n) is 3.41. The van der Waals surface area contributed by atoms with Crippen molar-refractivity contribution in [3.8, 4) is 0 Å². The van der Waals surface area contributed by atoms with E-state index >= 15 is 0 Å². The van der Waals surface area contributed by atoms with Crippen LogP contribution in [0.25, 0.3) is 0 Å². The SMILES string of the molecule is CC(=O)NC/C(I)=C/[Se]c1ccc(C)cc1. The van der Waals surface area contributed by atoms with E-state index in [0.717, 1.165) is 0 Å². The van der Waals surface area contributed by atoms with Gasteiger partial charge in [0.2, 0.25) is 0 Å². The standard InChI is InChI=1S/C12H14INOSe/c1-9-3-5-12(6-4-9)16-8-11(13)7-14-10(2)15/h3-6,8H,7H2,1-2H3,(H,14,15)/b11-8-. The third-order valence-electron chi connectivity index (χ3n) is 1.85. The van der Waals surface area contributed by atoms with Gasteiger partial charge in [-0.3, -0.25) is 0 Å². The molecule has 0 unspecified atom stereocenters. The molecule has 1 amide bonds. The summed E-state index contributed by atoms with van der Waals surface area (Å²) in [6.45, 7) is 4.27. The summed E-state index contributed by atoms with van der Waals surface area (Å²) in [6, 6.07) is 8.58. The molecule has 0 aromatic heterocycles. The summed E-state index contributed by atoms with van der Waals surface area (Å²) in [5, 5.41) is 2.79. The second kappa shape index (κ2) is 7.09. The van der Waals surface area contributed by atoms with Crippen molar-refractivity contribution in [3.05, 3.63) is 38.4 Å². The van der Waals surface area contributed by atoms with Crippen LogP contribution in [0.15, 0.2) is 32.8 Å². The molecule has 1 rings (SSSR count). The van der Waals surface area contributed by atoms with Crippen molar-refractivity contribution in [3.63, 3.8) is 0 Å². The number of amides is 1. The number of nitrogens with one attached hydrogen (secondary N) is 1. The van der Waals surface area contributed by atoms with Gasteiger partial charge in [-0.2, -0.15) is 0 Å². The van der Waals surface area contributed by atoms with Gasteiger partial charge < -0.3 is 0 Å². The molecule has 0 atom stereocenters. The van der Waals surface area contributed by atoms with Gasteiger partial charge in [0.15, 0.2) is 0 Å². The van der Waals surface area contributed by atoms with Crippen LogP contribution in [0.5, 0.6) is 0 Å². The first-order valence-corrected chi connectivity index (χ1v) is 7.82. The van der Waals surface area contributed by atoms with Gasteiger partial charge in [0, 0.05) is 0 Å². The molecule has 1 aromatic rings. The minimum atomic E-state index is 0.0189. The van der Waals surface area contributed by atoms with Gasteiger partial charge in [-0.15, -0.1) is 0 Å². The zero-order valence-corrected chi connectivity index (χ0v) is 13.2. The van der Waals surface area contributed by atoms with Gasteiger partial charge in [-0.1, -0.05) is 0 Å². The van der Waals surface area contributed by atoms with Crippen LogP contribution >= 0.6 is 22.6 Å². The molecule has 0 saturated heterocycles. The van der Waals surface area contributed by atoms with E-state index in [4.69, 9.17) is 0 Å². The molecule has 0 saturated carbocycles. The second-order valence-corrected chi connectivity index (χ2v) is 6.77. The molecule has 16 heavy (non-hydrogen) atoms. The fraction of sp³-hybridized carbons (Fsp3) is 0.250. The fourth-order valence-electron chi connectivity index (χ4n) is 0.999. The fourth-order valence-corrected chi connectivity index (χ4v) is 3.19. The Hall–Kier alpha value is -0.321. The van der Waals surface area contributed by atoms with Gasteiger partial charge >= 0.3 is 117 Å². The monoisotopic (exact) mass is 395 g/mol. The normalized spacial score (nSPS) is 11.3. The van der Waals surface area contributed by atoms with Crippen LogP contribution in [0.1, 0.15) is 12.5 Å².